The highest BCUT2D eigenvalue weighted by atomic mass is 16.6. The lowest BCUT2D eigenvalue weighted by molar-refractivity contribution is -0.384. The van der Waals surface area contributed by atoms with Crippen LogP contribution >= 0.6 is 0 Å². The molecule has 1 amide bonds. The fraction of sp³-hybridized carbons (Fsp3) is 0.562. The Morgan fingerprint density at radius 2 is 2.09 bits per heavy atom. The average Bonchev–Trinajstić information content (AvgIpc) is 2.98. The van der Waals surface area contributed by atoms with Crippen LogP contribution in [0, 0.1) is 10.1 Å². The monoisotopic (exact) mass is 306 g/mol. The van der Waals surface area contributed by atoms with Gasteiger partial charge in [0, 0.05) is 25.2 Å². The van der Waals surface area contributed by atoms with Gasteiger partial charge in [0.1, 0.15) is 0 Å². The normalized spacial score (nSPS) is 18.2. The van der Waals surface area contributed by atoms with Crippen molar-refractivity contribution in [2.45, 2.75) is 51.2 Å². The van der Waals surface area contributed by atoms with Crippen LogP contribution < -0.4 is 5.32 Å². The molecule has 1 fully saturated rings. The first kappa shape index (κ1) is 16.4. The van der Waals surface area contributed by atoms with Gasteiger partial charge in [0.05, 0.1) is 16.6 Å². The van der Waals surface area contributed by atoms with Gasteiger partial charge in [0.25, 0.3) is 5.69 Å². The summed E-state index contributed by atoms with van der Waals surface area (Å²) < 4.78 is 5.51. The number of carbonyl (C=O) groups excluding carboxylic acids is 1. The van der Waals surface area contributed by atoms with E-state index in [9.17, 15) is 14.9 Å². The molecule has 0 bridgehead atoms. The van der Waals surface area contributed by atoms with Crippen molar-refractivity contribution in [1.29, 1.82) is 0 Å². The predicted molar refractivity (Wildman–Crippen MR) is 82.5 cm³/mol. The molecule has 2 rings (SSSR count). The van der Waals surface area contributed by atoms with Gasteiger partial charge in [-0.15, -0.1) is 0 Å². The molecule has 1 aliphatic rings. The molecule has 1 unspecified atom stereocenters. The van der Waals surface area contributed by atoms with Crippen molar-refractivity contribution in [3.8, 4) is 0 Å². The summed E-state index contributed by atoms with van der Waals surface area (Å²) in [4.78, 5) is 22.3. The van der Waals surface area contributed by atoms with Crippen molar-refractivity contribution in [2.75, 3.05) is 6.61 Å². The molecule has 6 heteroatoms. The lowest BCUT2D eigenvalue weighted by Gasteiger charge is -2.27. The number of benzene rings is 1. The van der Waals surface area contributed by atoms with E-state index in [1.54, 1.807) is 12.1 Å². The summed E-state index contributed by atoms with van der Waals surface area (Å²) >= 11 is 0. The number of hydrogen-bond acceptors (Lipinski definition) is 4. The van der Waals surface area contributed by atoms with Crippen LogP contribution in [-0.2, 0) is 15.1 Å². The van der Waals surface area contributed by atoms with Crippen LogP contribution in [-0.4, -0.2) is 23.5 Å². The van der Waals surface area contributed by atoms with E-state index in [2.05, 4.69) is 5.32 Å². The van der Waals surface area contributed by atoms with Crippen molar-refractivity contribution in [3.63, 3.8) is 0 Å². The van der Waals surface area contributed by atoms with Gasteiger partial charge >= 0.3 is 0 Å². The van der Waals surface area contributed by atoms with Crippen LogP contribution in [0.1, 0.15) is 45.1 Å². The van der Waals surface area contributed by atoms with Gasteiger partial charge in [-0.3, -0.25) is 14.9 Å². The van der Waals surface area contributed by atoms with E-state index >= 15 is 0 Å². The van der Waals surface area contributed by atoms with E-state index in [1.165, 1.54) is 12.1 Å². The largest absolute Gasteiger partial charge is 0.378 e. The van der Waals surface area contributed by atoms with Crippen LogP contribution in [0.15, 0.2) is 24.3 Å². The Hall–Kier alpha value is -1.95. The molecule has 120 valence electrons. The Balaban J connectivity index is 1.91. The van der Waals surface area contributed by atoms with Gasteiger partial charge < -0.3 is 10.1 Å². The van der Waals surface area contributed by atoms with Crippen molar-refractivity contribution in [1.82, 2.24) is 5.32 Å². The SMILES string of the molecule is CC(C)(NC(=O)CCC1CCCO1)c1ccc([N+](=O)[O-])cc1. The lowest BCUT2D eigenvalue weighted by Crippen LogP contribution is -2.41. The lowest BCUT2D eigenvalue weighted by atomic mass is 9.93. The Morgan fingerprint density at radius 3 is 2.64 bits per heavy atom. The molecule has 6 nitrogen and oxygen atoms in total. The Labute approximate surface area is 130 Å². The van der Waals surface area contributed by atoms with Crippen molar-refractivity contribution < 1.29 is 14.5 Å². The van der Waals surface area contributed by atoms with Crippen molar-refractivity contribution >= 4 is 11.6 Å². The first-order valence-electron chi connectivity index (χ1n) is 7.56. The zero-order valence-corrected chi connectivity index (χ0v) is 13.0. The van der Waals surface area contributed by atoms with Gasteiger partial charge in [-0.05, 0) is 50.8 Å². The summed E-state index contributed by atoms with van der Waals surface area (Å²) in [6.45, 7) is 4.57. The molecule has 22 heavy (non-hydrogen) atoms. The number of non-ortho nitro benzene ring substituents is 1. The standard InChI is InChI=1S/C16H22N2O4/c1-16(2,12-5-7-13(8-6-12)18(20)21)17-15(19)10-9-14-4-3-11-22-14/h5-8,14H,3-4,9-11H2,1-2H3,(H,17,19). The summed E-state index contributed by atoms with van der Waals surface area (Å²) in [6, 6.07) is 6.27. The topological polar surface area (TPSA) is 81.5 Å². The van der Waals surface area contributed by atoms with Crippen LogP contribution in [0.3, 0.4) is 0 Å². The van der Waals surface area contributed by atoms with E-state index in [0.717, 1.165) is 31.4 Å². The molecule has 0 saturated carbocycles. The van der Waals surface area contributed by atoms with Crippen molar-refractivity contribution in [3.05, 3.63) is 39.9 Å². The fourth-order valence-electron chi connectivity index (χ4n) is 2.65. The number of carbonyl (C=O) groups is 1. The van der Waals surface area contributed by atoms with Gasteiger partial charge in [-0.2, -0.15) is 0 Å². The van der Waals surface area contributed by atoms with E-state index in [4.69, 9.17) is 4.74 Å². The number of rotatable bonds is 6. The average molecular weight is 306 g/mol. The van der Waals surface area contributed by atoms with E-state index in [-0.39, 0.29) is 17.7 Å². The molecule has 1 aromatic carbocycles. The molecule has 1 aliphatic heterocycles. The number of nitro benzene ring substituents is 1. The zero-order chi connectivity index (χ0) is 16.2. The second-order valence-electron chi connectivity index (χ2n) is 6.15. The highest BCUT2D eigenvalue weighted by molar-refractivity contribution is 5.77. The van der Waals surface area contributed by atoms with Gasteiger partial charge in [0.2, 0.25) is 5.91 Å². The van der Waals surface area contributed by atoms with Crippen LogP contribution in [0.5, 0.6) is 0 Å². The number of nitrogens with one attached hydrogen (secondary N) is 1. The molecule has 0 aromatic heterocycles. The Bertz CT molecular complexity index is 534. The van der Waals surface area contributed by atoms with Gasteiger partial charge in [0.15, 0.2) is 0 Å². The minimum Gasteiger partial charge on any atom is -0.378 e. The number of amides is 1. The molecule has 1 atom stereocenters. The first-order valence-corrected chi connectivity index (χ1v) is 7.56. The second-order valence-corrected chi connectivity index (χ2v) is 6.15. The molecule has 0 radical (unpaired) electrons. The summed E-state index contributed by atoms with van der Waals surface area (Å²) in [7, 11) is 0. The zero-order valence-electron chi connectivity index (χ0n) is 13.0. The Kier molecular flexibility index (Phi) is 5.13. The molecular weight excluding hydrogens is 284 g/mol. The molecule has 1 aromatic rings. The van der Waals surface area contributed by atoms with Crippen LogP contribution in [0.4, 0.5) is 5.69 Å². The number of hydrogen-bond donors (Lipinski definition) is 1. The van der Waals surface area contributed by atoms with Crippen molar-refractivity contribution in [2.24, 2.45) is 0 Å². The fourth-order valence-corrected chi connectivity index (χ4v) is 2.65. The molecular formula is C16H22N2O4. The quantitative estimate of drug-likeness (QED) is 0.647. The number of nitrogens with zero attached hydrogens (tertiary/aromatic N) is 1. The smallest absolute Gasteiger partial charge is 0.269 e. The summed E-state index contributed by atoms with van der Waals surface area (Å²) in [6.07, 6.45) is 3.47. The Morgan fingerprint density at radius 1 is 1.41 bits per heavy atom. The second kappa shape index (κ2) is 6.87. The third kappa shape index (κ3) is 4.27. The van der Waals surface area contributed by atoms with Gasteiger partial charge in [-0.25, -0.2) is 0 Å². The molecule has 1 heterocycles. The predicted octanol–water partition coefficient (Wildman–Crippen LogP) is 2.91. The molecule has 0 spiro atoms. The highest BCUT2D eigenvalue weighted by Crippen LogP contribution is 2.23. The number of nitro groups is 1. The van der Waals surface area contributed by atoms with Gasteiger partial charge in [-0.1, -0.05) is 0 Å². The first-order chi connectivity index (χ1) is 10.4. The van der Waals surface area contributed by atoms with E-state index in [0.29, 0.717) is 6.42 Å². The maximum Gasteiger partial charge on any atom is 0.269 e. The summed E-state index contributed by atoms with van der Waals surface area (Å²) in [5, 5.41) is 13.7. The van der Waals surface area contributed by atoms with Crippen LogP contribution in [0.25, 0.3) is 0 Å². The van der Waals surface area contributed by atoms with Crippen LogP contribution in [0.2, 0.25) is 0 Å². The summed E-state index contributed by atoms with van der Waals surface area (Å²) in [5.74, 6) is -0.0288. The highest BCUT2D eigenvalue weighted by Gasteiger charge is 2.24. The van der Waals surface area contributed by atoms with E-state index < -0.39 is 10.5 Å². The minimum absolute atomic E-state index is 0.0288. The van der Waals surface area contributed by atoms with E-state index in [1.807, 2.05) is 13.8 Å². The third-order valence-electron chi connectivity index (χ3n) is 3.97. The maximum atomic E-state index is 12.1. The minimum atomic E-state index is -0.567. The third-order valence-corrected chi connectivity index (χ3v) is 3.97. The summed E-state index contributed by atoms with van der Waals surface area (Å²) in [5.41, 5.74) is 0.316. The molecule has 0 aliphatic carbocycles. The molecule has 1 N–H and O–H groups in total. The molecule has 1 saturated heterocycles. The maximum absolute atomic E-state index is 12.1. The number of ether oxygens (including phenoxy) is 1.